The molecule has 2 heterocycles. The monoisotopic (exact) mass is 504 g/mol. The SMILES string of the molecule is CC(c1ccc(-c2ccn(CC(C)(C)O)c(=O)c2)cc1)N1CCC(CC(C)(C)O)(c2ccccc2)OC1. The Morgan fingerprint density at radius 3 is 2.16 bits per heavy atom. The second-order valence-electron chi connectivity index (χ2n) is 11.7. The topological polar surface area (TPSA) is 74.9 Å². The number of pyridine rings is 1. The van der Waals surface area contributed by atoms with Crippen LogP contribution in [0.25, 0.3) is 11.1 Å². The number of ether oxygens (including phenoxy) is 1. The van der Waals surface area contributed by atoms with Gasteiger partial charge in [0, 0.05) is 31.3 Å². The summed E-state index contributed by atoms with van der Waals surface area (Å²) in [4.78, 5) is 14.8. The van der Waals surface area contributed by atoms with Crippen molar-refractivity contribution in [1.82, 2.24) is 9.47 Å². The van der Waals surface area contributed by atoms with Gasteiger partial charge in [0.05, 0.1) is 23.3 Å². The van der Waals surface area contributed by atoms with Crippen molar-refractivity contribution >= 4 is 0 Å². The molecule has 0 spiro atoms. The maximum absolute atomic E-state index is 12.5. The summed E-state index contributed by atoms with van der Waals surface area (Å²) in [5.41, 5.74) is 1.70. The molecule has 1 fully saturated rings. The fourth-order valence-corrected chi connectivity index (χ4v) is 5.28. The Morgan fingerprint density at radius 1 is 0.946 bits per heavy atom. The van der Waals surface area contributed by atoms with E-state index in [1.54, 1.807) is 26.1 Å². The van der Waals surface area contributed by atoms with Gasteiger partial charge < -0.3 is 19.5 Å². The summed E-state index contributed by atoms with van der Waals surface area (Å²) in [6, 6.07) is 22.2. The van der Waals surface area contributed by atoms with Crippen LogP contribution >= 0.6 is 0 Å². The lowest BCUT2D eigenvalue weighted by molar-refractivity contribution is -0.177. The molecule has 1 saturated heterocycles. The fourth-order valence-electron chi connectivity index (χ4n) is 5.28. The lowest BCUT2D eigenvalue weighted by atomic mass is 9.80. The molecule has 2 aromatic carbocycles. The highest BCUT2D eigenvalue weighted by Gasteiger charge is 2.42. The van der Waals surface area contributed by atoms with E-state index < -0.39 is 16.8 Å². The molecule has 6 nitrogen and oxygen atoms in total. The van der Waals surface area contributed by atoms with E-state index in [4.69, 9.17) is 4.74 Å². The molecule has 4 rings (SSSR count). The Balaban J connectivity index is 1.46. The zero-order valence-corrected chi connectivity index (χ0v) is 22.6. The number of nitrogens with zero attached hydrogens (tertiary/aromatic N) is 2. The molecule has 0 radical (unpaired) electrons. The molecule has 1 aromatic heterocycles. The van der Waals surface area contributed by atoms with E-state index in [0.717, 1.165) is 29.7 Å². The molecule has 0 amide bonds. The van der Waals surface area contributed by atoms with Crippen LogP contribution in [-0.2, 0) is 16.9 Å². The molecular weight excluding hydrogens is 464 g/mol. The molecular formula is C31H40N2O4. The zero-order valence-electron chi connectivity index (χ0n) is 22.6. The van der Waals surface area contributed by atoms with Crippen LogP contribution in [0.3, 0.4) is 0 Å². The predicted octanol–water partition coefficient (Wildman–Crippen LogP) is 5.08. The first kappa shape index (κ1) is 27.3. The first-order valence-corrected chi connectivity index (χ1v) is 13.0. The largest absolute Gasteiger partial charge is 0.390 e. The molecule has 37 heavy (non-hydrogen) atoms. The van der Waals surface area contributed by atoms with Gasteiger partial charge in [-0.05, 0) is 69.4 Å². The van der Waals surface area contributed by atoms with E-state index >= 15 is 0 Å². The maximum Gasteiger partial charge on any atom is 0.251 e. The van der Waals surface area contributed by atoms with Gasteiger partial charge in [-0.1, -0.05) is 54.6 Å². The summed E-state index contributed by atoms with van der Waals surface area (Å²) in [5.74, 6) is 0. The third-order valence-corrected chi connectivity index (χ3v) is 7.16. The summed E-state index contributed by atoms with van der Waals surface area (Å²) < 4.78 is 8.08. The molecule has 2 atom stereocenters. The zero-order chi connectivity index (χ0) is 26.8. The molecule has 3 aromatic rings. The average Bonchev–Trinajstić information content (AvgIpc) is 2.84. The third kappa shape index (κ3) is 6.76. The highest BCUT2D eigenvalue weighted by molar-refractivity contribution is 5.63. The standard InChI is InChI=1S/C31H40N2O4/c1-23(33-18-16-31(37-22-33,20-29(2,3)35)27-9-7-6-8-10-27)24-11-13-25(14-12-24)26-15-17-32(28(34)19-26)21-30(4,5)36/h6-15,17,19,23,35-36H,16,18,20-22H2,1-5H3. The molecule has 2 N–H and O–H groups in total. The minimum atomic E-state index is -0.948. The molecule has 1 aliphatic heterocycles. The lowest BCUT2D eigenvalue weighted by Gasteiger charge is -2.46. The van der Waals surface area contributed by atoms with Crippen molar-refractivity contribution in [3.8, 4) is 11.1 Å². The van der Waals surface area contributed by atoms with Gasteiger partial charge in [0.1, 0.15) is 6.73 Å². The van der Waals surface area contributed by atoms with Gasteiger partial charge >= 0.3 is 0 Å². The maximum atomic E-state index is 12.5. The summed E-state index contributed by atoms with van der Waals surface area (Å²) in [6.45, 7) is 10.8. The Kier molecular flexibility index (Phi) is 7.77. The van der Waals surface area contributed by atoms with E-state index in [1.165, 1.54) is 10.1 Å². The van der Waals surface area contributed by atoms with Crippen LogP contribution in [0.5, 0.6) is 0 Å². The van der Waals surface area contributed by atoms with E-state index in [1.807, 2.05) is 50.2 Å². The van der Waals surface area contributed by atoms with Crippen molar-refractivity contribution in [1.29, 1.82) is 0 Å². The average molecular weight is 505 g/mol. The highest BCUT2D eigenvalue weighted by Crippen LogP contribution is 2.41. The van der Waals surface area contributed by atoms with Crippen LogP contribution in [0.4, 0.5) is 0 Å². The minimum absolute atomic E-state index is 0.129. The number of rotatable bonds is 8. The van der Waals surface area contributed by atoms with Crippen molar-refractivity contribution in [3.05, 3.63) is 94.4 Å². The van der Waals surface area contributed by atoms with Gasteiger partial charge in [0.25, 0.3) is 5.56 Å². The first-order chi connectivity index (χ1) is 17.4. The van der Waals surface area contributed by atoms with E-state index in [-0.39, 0.29) is 18.1 Å². The van der Waals surface area contributed by atoms with Crippen molar-refractivity contribution in [3.63, 3.8) is 0 Å². The van der Waals surface area contributed by atoms with E-state index in [9.17, 15) is 15.0 Å². The van der Waals surface area contributed by atoms with Gasteiger partial charge in [-0.3, -0.25) is 9.69 Å². The minimum Gasteiger partial charge on any atom is -0.390 e. The Morgan fingerprint density at radius 2 is 1.62 bits per heavy atom. The number of aromatic nitrogens is 1. The second kappa shape index (κ2) is 10.5. The molecule has 0 saturated carbocycles. The predicted molar refractivity (Wildman–Crippen MR) is 147 cm³/mol. The first-order valence-electron chi connectivity index (χ1n) is 13.0. The van der Waals surface area contributed by atoms with E-state index in [0.29, 0.717) is 13.2 Å². The number of aliphatic hydroxyl groups is 2. The Hall–Kier alpha value is -2.77. The summed E-state index contributed by atoms with van der Waals surface area (Å²) in [5, 5.41) is 20.7. The van der Waals surface area contributed by atoms with Crippen LogP contribution in [0.15, 0.2) is 77.7 Å². The van der Waals surface area contributed by atoms with Crippen molar-refractivity contribution in [2.24, 2.45) is 0 Å². The molecule has 1 aliphatic rings. The fraction of sp³-hybridized carbons (Fsp3) is 0.452. The van der Waals surface area contributed by atoms with Gasteiger partial charge in [-0.15, -0.1) is 0 Å². The summed E-state index contributed by atoms with van der Waals surface area (Å²) in [7, 11) is 0. The van der Waals surface area contributed by atoms with Crippen molar-refractivity contribution in [2.75, 3.05) is 13.3 Å². The molecule has 0 bridgehead atoms. The summed E-state index contributed by atoms with van der Waals surface area (Å²) >= 11 is 0. The van der Waals surface area contributed by atoms with Gasteiger partial charge in [0.2, 0.25) is 0 Å². The Labute approximate surface area is 220 Å². The number of hydrogen-bond acceptors (Lipinski definition) is 5. The molecule has 2 unspecified atom stereocenters. The van der Waals surface area contributed by atoms with E-state index in [2.05, 4.69) is 36.1 Å². The van der Waals surface area contributed by atoms with Gasteiger partial charge in [0.15, 0.2) is 0 Å². The quantitative estimate of drug-likeness (QED) is 0.447. The Bertz CT molecular complexity index is 1230. The molecule has 6 heteroatoms. The number of benzene rings is 2. The normalized spacial score (nSPS) is 20.1. The van der Waals surface area contributed by atoms with Crippen LogP contribution < -0.4 is 5.56 Å². The second-order valence-corrected chi connectivity index (χ2v) is 11.7. The lowest BCUT2D eigenvalue weighted by Crippen LogP contribution is -2.48. The summed E-state index contributed by atoms with van der Waals surface area (Å²) in [6.07, 6.45) is 3.07. The highest BCUT2D eigenvalue weighted by atomic mass is 16.5. The third-order valence-electron chi connectivity index (χ3n) is 7.16. The van der Waals surface area contributed by atoms with Crippen LogP contribution in [-0.4, -0.2) is 44.2 Å². The van der Waals surface area contributed by atoms with Gasteiger partial charge in [-0.25, -0.2) is 0 Å². The molecule has 198 valence electrons. The van der Waals surface area contributed by atoms with Crippen molar-refractivity contribution in [2.45, 2.75) is 76.9 Å². The van der Waals surface area contributed by atoms with Crippen LogP contribution in [0, 0.1) is 0 Å². The smallest absolute Gasteiger partial charge is 0.251 e. The van der Waals surface area contributed by atoms with Crippen LogP contribution in [0.1, 0.15) is 64.6 Å². The number of hydrogen-bond donors (Lipinski definition) is 2. The van der Waals surface area contributed by atoms with Gasteiger partial charge in [-0.2, -0.15) is 0 Å². The molecule has 0 aliphatic carbocycles. The van der Waals surface area contributed by atoms with Crippen LogP contribution in [0.2, 0.25) is 0 Å². The van der Waals surface area contributed by atoms with Crippen molar-refractivity contribution < 1.29 is 14.9 Å².